The fraction of sp³-hybridized carbons (Fsp3) is 0.765. The highest BCUT2D eigenvalue weighted by Crippen LogP contribution is 2.12. The first-order valence-electron chi connectivity index (χ1n) is 8.01. The van der Waals surface area contributed by atoms with Crippen LogP contribution in [0.5, 0.6) is 0 Å². The van der Waals surface area contributed by atoms with Crippen molar-refractivity contribution in [2.75, 3.05) is 6.61 Å². The molecular formula is C17H30O4. The summed E-state index contributed by atoms with van der Waals surface area (Å²) in [4.78, 5) is 23.1. The molecule has 0 radical (unpaired) electrons. The van der Waals surface area contributed by atoms with Crippen LogP contribution in [0.15, 0.2) is 12.2 Å². The number of hydrogen-bond donors (Lipinski definition) is 0. The second-order valence-electron chi connectivity index (χ2n) is 5.42. The van der Waals surface area contributed by atoms with E-state index < -0.39 is 0 Å². The highest BCUT2D eigenvalue weighted by molar-refractivity contribution is 5.72. The number of allylic oxidation sites excluding steroid dienone is 1. The summed E-state index contributed by atoms with van der Waals surface area (Å²) in [6, 6.07) is 0. The molecule has 0 N–H and O–H groups in total. The second kappa shape index (κ2) is 12.4. The molecule has 0 amide bonds. The lowest BCUT2D eigenvalue weighted by Crippen LogP contribution is -2.22. The molecule has 0 saturated heterocycles. The predicted octanol–water partition coefficient (Wildman–Crippen LogP) is 4.03. The molecule has 4 nitrogen and oxygen atoms in total. The Kier molecular flexibility index (Phi) is 11.6. The third-order valence-corrected chi connectivity index (χ3v) is 3.14. The van der Waals surface area contributed by atoms with Crippen LogP contribution in [0.25, 0.3) is 0 Å². The van der Waals surface area contributed by atoms with Gasteiger partial charge in [0.2, 0.25) is 0 Å². The van der Waals surface area contributed by atoms with E-state index in [4.69, 9.17) is 9.47 Å². The average molecular weight is 298 g/mol. The van der Waals surface area contributed by atoms with Crippen LogP contribution in [-0.2, 0) is 19.1 Å². The van der Waals surface area contributed by atoms with Gasteiger partial charge in [0.15, 0.2) is 0 Å². The van der Waals surface area contributed by atoms with Crippen molar-refractivity contribution in [3.8, 4) is 0 Å². The van der Waals surface area contributed by atoms with Gasteiger partial charge in [-0.1, -0.05) is 39.8 Å². The zero-order valence-electron chi connectivity index (χ0n) is 13.9. The maximum absolute atomic E-state index is 11.6. The van der Waals surface area contributed by atoms with Crippen LogP contribution in [0.2, 0.25) is 0 Å². The standard InChI is InChI=1S/C17H30O4/c1-5-7-8-9-13-20-16(18)11-10-12-17(19)21-15(6-2)14(3)4/h7-8,14-15H,5-6,9-13H2,1-4H3/b8-7-. The first-order chi connectivity index (χ1) is 10.0. The van der Waals surface area contributed by atoms with Crippen LogP contribution < -0.4 is 0 Å². The topological polar surface area (TPSA) is 52.6 Å². The molecular weight excluding hydrogens is 268 g/mol. The number of ether oxygens (including phenoxy) is 2. The SMILES string of the molecule is CC/C=C\CCOC(=O)CCCC(=O)OC(CC)C(C)C. The molecule has 0 aliphatic rings. The zero-order chi connectivity index (χ0) is 16.1. The molecule has 0 saturated carbocycles. The molecule has 0 aromatic rings. The first kappa shape index (κ1) is 19.7. The quantitative estimate of drug-likeness (QED) is 0.328. The van der Waals surface area contributed by atoms with Gasteiger partial charge in [-0.3, -0.25) is 9.59 Å². The van der Waals surface area contributed by atoms with E-state index in [1.165, 1.54) is 0 Å². The normalized spacial score (nSPS) is 12.6. The monoisotopic (exact) mass is 298 g/mol. The van der Waals surface area contributed by atoms with Crippen LogP contribution in [-0.4, -0.2) is 24.6 Å². The molecule has 1 atom stereocenters. The Bertz CT molecular complexity index is 321. The Hall–Kier alpha value is -1.32. The predicted molar refractivity (Wildman–Crippen MR) is 83.9 cm³/mol. The van der Waals surface area contributed by atoms with Crippen molar-refractivity contribution in [3.05, 3.63) is 12.2 Å². The number of rotatable bonds is 11. The lowest BCUT2D eigenvalue weighted by Gasteiger charge is -2.19. The maximum atomic E-state index is 11.6. The van der Waals surface area contributed by atoms with E-state index in [0.717, 1.165) is 19.3 Å². The summed E-state index contributed by atoms with van der Waals surface area (Å²) in [6.45, 7) is 8.54. The Morgan fingerprint density at radius 3 is 2.29 bits per heavy atom. The van der Waals surface area contributed by atoms with Gasteiger partial charge in [-0.15, -0.1) is 0 Å². The minimum Gasteiger partial charge on any atom is -0.465 e. The fourth-order valence-electron chi connectivity index (χ4n) is 1.89. The minimum atomic E-state index is -0.247. The minimum absolute atomic E-state index is 0.0326. The molecule has 0 fully saturated rings. The zero-order valence-corrected chi connectivity index (χ0v) is 13.9. The van der Waals surface area contributed by atoms with Gasteiger partial charge in [-0.05, 0) is 31.6 Å². The summed E-state index contributed by atoms with van der Waals surface area (Å²) >= 11 is 0. The van der Waals surface area contributed by atoms with Gasteiger partial charge in [0.1, 0.15) is 6.10 Å². The van der Waals surface area contributed by atoms with E-state index in [2.05, 4.69) is 6.92 Å². The van der Waals surface area contributed by atoms with Crippen LogP contribution in [0.4, 0.5) is 0 Å². The van der Waals surface area contributed by atoms with Crippen molar-refractivity contribution in [1.82, 2.24) is 0 Å². The van der Waals surface area contributed by atoms with Gasteiger partial charge in [0, 0.05) is 12.8 Å². The van der Waals surface area contributed by atoms with Crippen LogP contribution in [0.3, 0.4) is 0 Å². The van der Waals surface area contributed by atoms with Crippen LogP contribution in [0.1, 0.15) is 66.2 Å². The van der Waals surface area contributed by atoms with Gasteiger partial charge in [0.25, 0.3) is 0 Å². The van der Waals surface area contributed by atoms with E-state index in [1.54, 1.807) is 0 Å². The third-order valence-electron chi connectivity index (χ3n) is 3.14. The molecule has 0 spiro atoms. The van der Waals surface area contributed by atoms with Gasteiger partial charge in [-0.2, -0.15) is 0 Å². The van der Waals surface area contributed by atoms with Gasteiger partial charge < -0.3 is 9.47 Å². The number of hydrogen-bond acceptors (Lipinski definition) is 4. The molecule has 1 unspecified atom stereocenters. The van der Waals surface area contributed by atoms with Crippen molar-refractivity contribution in [1.29, 1.82) is 0 Å². The number of esters is 2. The largest absolute Gasteiger partial charge is 0.465 e. The fourth-order valence-corrected chi connectivity index (χ4v) is 1.89. The maximum Gasteiger partial charge on any atom is 0.306 e. The molecule has 21 heavy (non-hydrogen) atoms. The van der Waals surface area contributed by atoms with Crippen molar-refractivity contribution in [2.24, 2.45) is 5.92 Å². The lowest BCUT2D eigenvalue weighted by atomic mass is 10.1. The van der Waals surface area contributed by atoms with Crippen molar-refractivity contribution in [3.63, 3.8) is 0 Å². The molecule has 4 heteroatoms. The van der Waals surface area contributed by atoms with E-state index >= 15 is 0 Å². The highest BCUT2D eigenvalue weighted by Gasteiger charge is 2.16. The molecule has 0 aliphatic carbocycles. The summed E-state index contributed by atoms with van der Waals surface area (Å²) in [6.07, 6.45) is 7.59. The Morgan fingerprint density at radius 1 is 1.05 bits per heavy atom. The number of carbonyl (C=O) groups is 2. The molecule has 0 heterocycles. The lowest BCUT2D eigenvalue weighted by molar-refractivity contribution is -0.151. The Morgan fingerprint density at radius 2 is 1.71 bits per heavy atom. The molecule has 0 aliphatic heterocycles. The summed E-state index contributed by atoms with van der Waals surface area (Å²) < 4.78 is 10.4. The van der Waals surface area contributed by atoms with Crippen molar-refractivity contribution < 1.29 is 19.1 Å². The summed E-state index contributed by atoms with van der Waals surface area (Å²) in [5, 5.41) is 0. The molecule has 0 aromatic heterocycles. The van der Waals surface area contributed by atoms with Crippen LogP contribution in [0, 0.1) is 5.92 Å². The van der Waals surface area contributed by atoms with Gasteiger partial charge >= 0.3 is 11.9 Å². The summed E-state index contributed by atoms with van der Waals surface area (Å²) in [5.41, 5.74) is 0. The molecule has 0 rings (SSSR count). The van der Waals surface area contributed by atoms with E-state index in [0.29, 0.717) is 18.9 Å². The molecule has 122 valence electrons. The van der Waals surface area contributed by atoms with Crippen LogP contribution >= 0.6 is 0 Å². The van der Waals surface area contributed by atoms with Gasteiger partial charge in [-0.25, -0.2) is 0 Å². The van der Waals surface area contributed by atoms with E-state index in [-0.39, 0.29) is 30.9 Å². The average Bonchev–Trinajstić information content (AvgIpc) is 2.44. The van der Waals surface area contributed by atoms with E-state index in [1.807, 2.05) is 32.9 Å². The second-order valence-corrected chi connectivity index (χ2v) is 5.42. The first-order valence-corrected chi connectivity index (χ1v) is 8.01. The van der Waals surface area contributed by atoms with Gasteiger partial charge in [0.05, 0.1) is 6.61 Å². The van der Waals surface area contributed by atoms with E-state index in [9.17, 15) is 9.59 Å². The van der Waals surface area contributed by atoms with Crippen molar-refractivity contribution in [2.45, 2.75) is 72.3 Å². The number of carbonyl (C=O) groups excluding carboxylic acids is 2. The Labute approximate surface area is 128 Å². The summed E-state index contributed by atoms with van der Waals surface area (Å²) in [7, 11) is 0. The smallest absolute Gasteiger partial charge is 0.306 e. The van der Waals surface area contributed by atoms with Crippen molar-refractivity contribution >= 4 is 11.9 Å². The third kappa shape index (κ3) is 11.1. The summed E-state index contributed by atoms with van der Waals surface area (Å²) in [5.74, 6) is -0.155. The Balaban J connectivity index is 3.70. The molecule has 0 aromatic carbocycles. The highest BCUT2D eigenvalue weighted by atomic mass is 16.5. The molecule has 0 bridgehead atoms.